The third-order valence-corrected chi connectivity index (χ3v) is 12.1. The van der Waals surface area contributed by atoms with E-state index >= 15 is 0 Å². The van der Waals surface area contributed by atoms with E-state index in [1.807, 2.05) is 0 Å². The van der Waals surface area contributed by atoms with E-state index in [-0.39, 0.29) is 0 Å². The van der Waals surface area contributed by atoms with Gasteiger partial charge >= 0.3 is 0 Å². The monoisotopic (exact) mass is 462 g/mol. The van der Waals surface area contributed by atoms with E-state index in [9.17, 15) is 0 Å². The Morgan fingerprint density at radius 1 is 0.500 bits per heavy atom. The van der Waals surface area contributed by atoms with Gasteiger partial charge in [-0.1, -0.05) is 12.2 Å². The molecule has 8 bridgehead atoms. The molecule has 0 radical (unpaired) electrons. The van der Waals surface area contributed by atoms with Crippen LogP contribution in [0.4, 0.5) is 0 Å². The van der Waals surface area contributed by atoms with Gasteiger partial charge in [-0.25, -0.2) is 0 Å². The molecule has 0 aromatic rings. The molecule has 34 heavy (non-hydrogen) atoms. The summed E-state index contributed by atoms with van der Waals surface area (Å²) in [6, 6.07) is 0. The van der Waals surface area contributed by atoms with Gasteiger partial charge in [-0.15, -0.1) is 0 Å². The molecule has 0 atom stereocenters. The third kappa shape index (κ3) is 3.88. The number of hydrogen-bond donors (Lipinski definition) is 2. The Hall–Kier alpha value is -0.920. The molecule has 2 N–H and O–H groups in total. The van der Waals surface area contributed by atoms with Gasteiger partial charge in [0.15, 0.2) is 0 Å². The lowest BCUT2D eigenvalue weighted by molar-refractivity contribution is -0.0179. The number of allylic oxidation sites excluding steroid dienone is 4. The molecular weight excluding hydrogens is 412 g/mol. The Balaban J connectivity index is 0.980. The Bertz CT molecular complexity index is 701. The second kappa shape index (κ2) is 8.31. The van der Waals surface area contributed by atoms with E-state index in [0.717, 1.165) is 47.3 Å². The molecule has 0 heterocycles. The van der Waals surface area contributed by atoms with Crippen molar-refractivity contribution in [3.05, 3.63) is 23.5 Å². The fourth-order valence-electron chi connectivity index (χ4n) is 11.7. The first-order chi connectivity index (χ1) is 16.5. The van der Waals surface area contributed by atoms with E-state index in [2.05, 4.69) is 36.6 Å². The maximum atomic E-state index is 4.27. The molecule has 0 saturated heterocycles. The lowest BCUT2D eigenvalue weighted by Crippen LogP contribution is -2.59. The van der Waals surface area contributed by atoms with E-state index in [4.69, 9.17) is 0 Å². The number of nitrogens with one attached hydrogen (secondary N) is 2. The van der Waals surface area contributed by atoms with Crippen molar-refractivity contribution in [3.8, 4) is 0 Å². The van der Waals surface area contributed by atoms with Crippen molar-refractivity contribution < 1.29 is 0 Å². The number of rotatable bonds is 6. The van der Waals surface area contributed by atoms with Crippen LogP contribution in [0.5, 0.6) is 0 Å². The molecule has 0 amide bonds. The lowest BCUT2D eigenvalue weighted by atomic mass is 9.52. The molecule has 2 heteroatoms. The van der Waals surface area contributed by atoms with Crippen LogP contribution in [-0.2, 0) is 0 Å². The minimum atomic E-state index is 0.460. The average Bonchev–Trinajstić information content (AvgIpc) is 2.79. The Morgan fingerprint density at radius 2 is 0.765 bits per heavy atom. The fourth-order valence-corrected chi connectivity index (χ4v) is 11.7. The Labute approximate surface area is 209 Å². The molecule has 0 spiro atoms. The highest BCUT2D eigenvalue weighted by atomic mass is 15.0. The molecule has 0 aromatic carbocycles. The van der Waals surface area contributed by atoms with Gasteiger partial charge in [0.1, 0.15) is 0 Å². The summed E-state index contributed by atoms with van der Waals surface area (Å²) in [5, 5.41) is 8.55. The quantitative estimate of drug-likeness (QED) is 0.422. The van der Waals surface area contributed by atoms with E-state index in [1.54, 1.807) is 49.9 Å². The molecule has 9 aliphatic carbocycles. The summed E-state index contributed by atoms with van der Waals surface area (Å²) in [6.07, 6.45) is 28.5. The van der Waals surface area contributed by atoms with Crippen molar-refractivity contribution in [2.45, 2.75) is 128 Å². The molecular formula is C32H50N2. The summed E-state index contributed by atoms with van der Waals surface area (Å²) in [7, 11) is 0. The van der Waals surface area contributed by atoms with Gasteiger partial charge in [0.25, 0.3) is 0 Å². The van der Waals surface area contributed by atoms with E-state index in [0.29, 0.717) is 11.1 Å². The minimum Gasteiger partial charge on any atom is -0.383 e. The molecule has 0 aliphatic heterocycles. The first-order valence-electron chi connectivity index (χ1n) is 15.4. The van der Waals surface area contributed by atoms with Gasteiger partial charge in [-0.05, 0) is 164 Å². The zero-order valence-corrected chi connectivity index (χ0v) is 22.1. The molecule has 9 rings (SSSR count). The highest BCUT2D eigenvalue weighted by Gasteiger charge is 2.52. The van der Waals surface area contributed by atoms with Crippen molar-refractivity contribution in [3.63, 3.8) is 0 Å². The largest absolute Gasteiger partial charge is 0.383 e. The van der Waals surface area contributed by atoms with Crippen LogP contribution in [0.25, 0.3) is 0 Å². The summed E-state index contributed by atoms with van der Waals surface area (Å²) >= 11 is 0. The summed E-state index contributed by atoms with van der Waals surface area (Å²) in [5.74, 6) is 7.71. The second-order valence-electron chi connectivity index (χ2n) is 14.7. The van der Waals surface area contributed by atoms with E-state index in [1.165, 1.54) is 64.2 Å². The van der Waals surface area contributed by atoms with Crippen molar-refractivity contribution in [2.75, 3.05) is 0 Å². The minimum absolute atomic E-state index is 0.460. The van der Waals surface area contributed by atoms with Gasteiger partial charge < -0.3 is 10.6 Å². The highest BCUT2D eigenvalue weighted by Crippen LogP contribution is 2.57. The summed E-state index contributed by atoms with van der Waals surface area (Å²) in [6.45, 7) is 4.61. The van der Waals surface area contributed by atoms with Gasteiger partial charge in [0.05, 0.1) is 0 Å². The van der Waals surface area contributed by atoms with Crippen LogP contribution in [0.3, 0.4) is 0 Å². The molecule has 9 saturated carbocycles. The maximum absolute atomic E-state index is 4.27. The lowest BCUT2D eigenvalue weighted by Gasteiger charge is -2.58. The molecule has 2 nitrogen and oxygen atoms in total. The first-order valence-corrected chi connectivity index (χ1v) is 15.4. The second-order valence-corrected chi connectivity index (χ2v) is 14.7. The van der Waals surface area contributed by atoms with Crippen LogP contribution in [0.15, 0.2) is 23.5 Å². The van der Waals surface area contributed by atoms with Crippen LogP contribution in [0, 0.1) is 47.3 Å². The Morgan fingerprint density at radius 3 is 1.00 bits per heavy atom. The predicted molar refractivity (Wildman–Crippen MR) is 141 cm³/mol. The van der Waals surface area contributed by atoms with Crippen LogP contribution in [0.2, 0.25) is 0 Å². The zero-order valence-electron chi connectivity index (χ0n) is 22.1. The predicted octanol–water partition coefficient (Wildman–Crippen LogP) is 7.72. The van der Waals surface area contributed by atoms with Crippen molar-refractivity contribution in [2.24, 2.45) is 47.3 Å². The molecule has 9 aliphatic rings. The molecule has 9 fully saturated rings. The van der Waals surface area contributed by atoms with Gasteiger partial charge in [-0.3, -0.25) is 0 Å². The Kier molecular flexibility index (Phi) is 5.45. The first kappa shape index (κ1) is 22.3. The summed E-state index contributed by atoms with van der Waals surface area (Å²) in [4.78, 5) is 0. The van der Waals surface area contributed by atoms with Crippen LogP contribution < -0.4 is 10.6 Å². The highest BCUT2D eigenvalue weighted by molar-refractivity contribution is 5.18. The smallest absolute Gasteiger partial charge is 0.0378 e. The van der Waals surface area contributed by atoms with Gasteiger partial charge in [-0.2, -0.15) is 0 Å². The van der Waals surface area contributed by atoms with Gasteiger partial charge in [0.2, 0.25) is 0 Å². The molecule has 188 valence electrons. The van der Waals surface area contributed by atoms with Crippen molar-refractivity contribution >= 4 is 0 Å². The SMILES string of the molecule is C/C=C(/NC12CC3CC(CC(C3)C1)C2)C1CCC(/C(=C\C)NC23CC4CC(CC(C4)C2)C3)CC1. The fraction of sp³-hybridized carbons (Fsp3) is 0.875. The topological polar surface area (TPSA) is 24.1 Å². The third-order valence-electron chi connectivity index (χ3n) is 12.1. The number of hydrogen-bond acceptors (Lipinski definition) is 2. The zero-order chi connectivity index (χ0) is 22.9. The van der Waals surface area contributed by atoms with Crippen molar-refractivity contribution in [1.82, 2.24) is 10.6 Å². The normalized spacial score (nSPS) is 51.7. The van der Waals surface area contributed by atoms with Crippen LogP contribution >= 0.6 is 0 Å². The molecule has 0 unspecified atom stereocenters. The summed E-state index contributed by atoms with van der Waals surface area (Å²) < 4.78 is 0. The standard InChI is InChI=1S/C32H50N2/c1-3-29(33-31-15-21-9-22(16-31)11-23(10-21)17-31)27-5-7-28(8-6-27)30(4-2)34-32-18-24-12-25(19-32)14-26(13-24)20-32/h3-4,21-28,33-34H,5-20H2,1-2H3/b29-3+,30-4+. The molecule has 0 aromatic heterocycles. The van der Waals surface area contributed by atoms with Crippen molar-refractivity contribution in [1.29, 1.82) is 0 Å². The van der Waals surface area contributed by atoms with Gasteiger partial charge in [0, 0.05) is 22.5 Å². The van der Waals surface area contributed by atoms with Crippen LogP contribution in [0.1, 0.15) is 117 Å². The van der Waals surface area contributed by atoms with E-state index < -0.39 is 0 Å². The summed E-state index contributed by atoms with van der Waals surface area (Å²) in [5.41, 5.74) is 4.16. The average molecular weight is 463 g/mol. The maximum Gasteiger partial charge on any atom is 0.0378 e. The van der Waals surface area contributed by atoms with Crippen LogP contribution in [-0.4, -0.2) is 11.1 Å².